The molecule has 2 aliphatic rings. The van der Waals surface area contributed by atoms with Crippen LogP contribution in [0, 0.1) is 32.1 Å². The Bertz CT molecular complexity index is 828. The third kappa shape index (κ3) is 15.5. The van der Waals surface area contributed by atoms with Gasteiger partial charge in [-0.1, -0.05) is 27.2 Å². The van der Waals surface area contributed by atoms with E-state index in [-0.39, 0.29) is 148 Å². The number of carbonyl (C=O) groups is 4. The van der Waals surface area contributed by atoms with Gasteiger partial charge < -0.3 is 66.8 Å². The molecule has 0 spiro atoms. The molecular weight excluding hydrogens is 826 g/mol. The predicted octanol–water partition coefficient (Wildman–Crippen LogP) is 1.92. The van der Waals surface area contributed by atoms with E-state index in [9.17, 15) is 19.2 Å². The SMILES string of the molecule is CC(=O)C1(C)[N-]C(=O)C1CCCN=C(N)N.CCCC1C(=O)[N-]C1(C)C(C)=O.CN(C)C(=N)N.[CH3-].[CH3-].[W].[Y].[Y]. The summed E-state index contributed by atoms with van der Waals surface area (Å²) in [4.78, 5) is 50.1. The van der Waals surface area contributed by atoms with Gasteiger partial charge in [-0.15, -0.1) is 0 Å². The van der Waals surface area contributed by atoms with E-state index >= 15 is 0 Å². The molecule has 0 aromatic heterocycles. The van der Waals surface area contributed by atoms with Crippen molar-refractivity contribution in [3.8, 4) is 0 Å². The van der Waals surface area contributed by atoms with Crippen LogP contribution in [0.4, 0.5) is 0 Å². The smallest absolute Gasteiger partial charge is 0.187 e. The number of Topliss-reactive ketones (excluding diaryl/α,β-unsaturated/α-hetero) is 2. The summed E-state index contributed by atoms with van der Waals surface area (Å²) in [5, 5.41) is 14.2. The van der Waals surface area contributed by atoms with Gasteiger partial charge in [0.25, 0.3) is 0 Å². The van der Waals surface area contributed by atoms with E-state index in [1.165, 1.54) is 18.7 Å². The number of guanidine groups is 2. The monoisotopic (exact) mass is 872 g/mol. The van der Waals surface area contributed by atoms with Crippen LogP contribution in [0.2, 0.25) is 0 Å². The molecule has 2 saturated heterocycles. The summed E-state index contributed by atoms with van der Waals surface area (Å²) >= 11 is 0. The average Bonchev–Trinajstić information content (AvgIpc) is 2.71. The second kappa shape index (κ2) is 23.3. The van der Waals surface area contributed by atoms with Crippen LogP contribution < -0.4 is 17.2 Å². The zero-order valence-electron chi connectivity index (χ0n) is 24.9. The van der Waals surface area contributed by atoms with Crippen molar-refractivity contribution in [3.63, 3.8) is 0 Å². The molecule has 2 fully saturated rings. The molecule has 222 valence electrons. The van der Waals surface area contributed by atoms with Crippen LogP contribution in [-0.2, 0) is 106 Å². The van der Waals surface area contributed by atoms with Crippen molar-refractivity contribution >= 4 is 35.3 Å². The Kier molecular flexibility index (Phi) is 30.7. The number of nitrogens with zero attached hydrogens (tertiary/aromatic N) is 4. The summed E-state index contributed by atoms with van der Waals surface area (Å²) in [5.41, 5.74) is 13.8. The summed E-state index contributed by atoms with van der Waals surface area (Å²) in [5.74, 6) is -0.690. The fourth-order valence-electron chi connectivity index (χ4n) is 3.37. The van der Waals surface area contributed by atoms with Crippen LogP contribution in [0.15, 0.2) is 4.99 Å². The fourth-order valence-corrected chi connectivity index (χ4v) is 3.37. The first kappa shape index (κ1) is 51.5. The van der Waals surface area contributed by atoms with Crippen LogP contribution in [0.5, 0.6) is 0 Å². The Labute approximate surface area is 299 Å². The number of rotatable bonds is 8. The maximum Gasteiger partial charge on any atom is 0.187 e. The fraction of sp³-hybridized carbons (Fsp3) is 0.667. The molecule has 0 saturated carbocycles. The van der Waals surface area contributed by atoms with E-state index in [4.69, 9.17) is 22.6 Å². The van der Waals surface area contributed by atoms with E-state index in [0.29, 0.717) is 19.4 Å². The second-order valence-electron chi connectivity index (χ2n) is 8.93. The van der Waals surface area contributed by atoms with E-state index in [1.54, 1.807) is 27.9 Å². The van der Waals surface area contributed by atoms with Crippen LogP contribution in [0.3, 0.4) is 0 Å². The molecular formula is C24H46N8O4WY2-4. The van der Waals surface area contributed by atoms with Crippen molar-refractivity contribution in [1.82, 2.24) is 4.90 Å². The van der Waals surface area contributed by atoms with E-state index in [1.807, 2.05) is 6.92 Å². The molecule has 7 N–H and O–H groups in total. The molecule has 4 atom stereocenters. The van der Waals surface area contributed by atoms with Gasteiger partial charge in [0, 0.05) is 107 Å². The Balaban J connectivity index is -0.000000107. The van der Waals surface area contributed by atoms with Gasteiger partial charge in [0.1, 0.15) is 11.6 Å². The van der Waals surface area contributed by atoms with Crippen LogP contribution in [0.25, 0.3) is 10.6 Å². The summed E-state index contributed by atoms with van der Waals surface area (Å²) in [6, 6.07) is 0. The Morgan fingerprint density at radius 1 is 0.923 bits per heavy atom. The van der Waals surface area contributed by atoms with Crippen LogP contribution in [0.1, 0.15) is 60.3 Å². The molecule has 0 bridgehead atoms. The Morgan fingerprint density at radius 2 is 1.26 bits per heavy atom. The number of carbonyl (C=O) groups excluding carboxylic acids is 4. The first-order valence-corrected chi connectivity index (χ1v) is 11.2. The first-order chi connectivity index (χ1) is 15.5. The van der Waals surface area contributed by atoms with Gasteiger partial charge in [0.2, 0.25) is 0 Å². The van der Waals surface area contributed by atoms with Gasteiger partial charge in [-0.2, -0.15) is 0 Å². The summed E-state index contributed by atoms with van der Waals surface area (Å²) < 4.78 is 0. The topological polar surface area (TPSA) is 214 Å². The number of aliphatic imine (C=N–C) groups is 1. The van der Waals surface area contributed by atoms with Crippen molar-refractivity contribution in [2.24, 2.45) is 34.0 Å². The first-order valence-electron chi connectivity index (χ1n) is 11.2. The van der Waals surface area contributed by atoms with Crippen LogP contribution in [-0.4, -0.2) is 71.9 Å². The molecule has 39 heavy (non-hydrogen) atoms. The van der Waals surface area contributed by atoms with Crippen LogP contribution >= 0.6 is 0 Å². The van der Waals surface area contributed by atoms with E-state index in [0.717, 1.165) is 12.8 Å². The second-order valence-corrected chi connectivity index (χ2v) is 8.93. The quantitative estimate of drug-likeness (QED) is 0.0928. The van der Waals surface area contributed by atoms with Crippen molar-refractivity contribution in [2.75, 3.05) is 20.6 Å². The van der Waals surface area contributed by atoms with Gasteiger partial charge in [0.15, 0.2) is 11.9 Å². The maximum atomic E-state index is 11.3. The third-order valence-corrected chi connectivity index (χ3v) is 6.07. The average molecular weight is 872 g/mol. The number of hydrogen-bond donors (Lipinski definition) is 4. The number of nitrogens with two attached hydrogens (primary N) is 3. The normalized spacial score (nSPS) is 23.1. The maximum absolute atomic E-state index is 11.3. The number of ketones is 2. The Hall–Kier alpha value is -0.284. The zero-order valence-corrected chi connectivity index (χ0v) is 33.5. The molecule has 12 nitrogen and oxygen atoms in total. The standard InChI is InChI=1S/C10H18N4O2.C9H15NO2.C3H9N3.2CH3.W.2Y/c1-6(15)10(2)7(8(16)14-10)4-3-5-13-9(11)12;1-4-5-7-8(12)10-9(7,3)6(2)11;1-6(2)3(4)5;;;;;/h7H,3-5H2,1-2H3,(H5,11,12,13,14,16);7H,4-5H2,1-3H3,(H,10,12);1-2H3,(H3,4,5);2*1H3;;;/q;;;2*-1;;;/p-2. The molecule has 2 aliphatic heterocycles. The van der Waals surface area contributed by atoms with Crippen molar-refractivity contribution < 1.29 is 106 Å². The zero-order chi connectivity index (χ0) is 26.9. The minimum Gasteiger partial charge on any atom is -0.642 e. The summed E-state index contributed by atoms with van der Waals surface area (Å²) in [7, 11) is 3.45. The molecule has 2 radical (unpaired) electrons. The molecule has 2 rings (SSSR count). The van der Waals surface area contributed by atoms with Gasteiger partial charge >= 0.3 is 0 Å². The number of β-lactam (4-membered cyclic amide) rings is 2. The van der Waals surface area contributed by atoms with E-state index < -0.39 is 11.1 Å². The summed E-state index contributed by atoms with van der Waals surface area (Å²) in [6.07, 6.45) is 2.97. The van der Waals surface area contributed by atoms with Crippen molar-refractivity contribution in [3.05, 3.63) is 25.5 Å². The Morgan fingerprint density at radius 3 is 1.49 bits per heavy atom. The van der Waals surface area contributed by atoms with Gasteiger partial charge in [-0.05, 0) is 56.0 Å². The molecule has 4 unspecified atom stereocenters. The molecule has 0 aliphatic carbocycles. The predicted molar refractivity (Wildman–Crippen MR) is 145 cm³/mol. The van der Waals surface area contributed by atoms with Gasteiger partial charge in [-0.3, -0.25) is 10.4 Å². The van der Waals surface area contributed by atoms with Gasteiger partial charge in [-0.25, -0.2) is 0 Å². The largest absolute Gasteiger partial charge is 0.642 e. The molecule has 0 aromatic carbocycles. The van der Waals surface area contributed by atoms with Crippen molar-refractivity contribution in [1.29, 1.82) is 5.41 Å². The molecule has 2 amide bonds. The van der Waals surface area contributed by atoms with Crippen molar-refractivity contribution in [2.45, 2.75) is 71.4 Å². The van der Waals surface area contributed by atoms with E-state index in [2.05, 4.69) is 15.6 Å². The number of amides is 2. The molecule has 15 heteroatoms. The number of hydrogen-bond acceptors (Lipinski definition) is 6. The van der Waals surface area contributed by atoms with Gasteiger partial charge in [0.05, 0.1) is 11.8 Å². The minimum atomic E-state index is -0.824. The molecule has 0 aromatic rings. The summed E-state index contributed by atoms with van der Waals surface area (Å²) in [6.45, 7) is 8.88. The third-order valence-electron chi connectivity index (χ3n) is 6.07. The minimum absolute atomic E-state index is 0. The molecule has 2 heterocycles. The number of nitrogens with one attached hydrogen (secondary N) is 1.